The molecule has 0 fully saturated rings. The van der Waals surface area contributed by atoms with Crippen LogP contribution in [0.3, 0.4) is 0 Å². The lowest BCUT2D eigenvalue weighted by Gasteiger charge is -1.98. The predicted molar refractivity (Wildman–Crippen MR) is 178 cm³/mol. The molecule has 12 heteroatoms. The number of aliphatic hydroxyl groups excluding tert-OH is 1. The van der Waals surface area contributed by atoms with Crippen molar-refractivity contribution in [3.8, 4) is 11.3 Å². The molecule has 0 bridgehead atoms. The van der Waals surface area contributed by atoms with Crippen LogP contribution in [0.25, 0.3) is 11.3 Å². The number of aliphatic hydroxyl groups is 1. The third kappa shape index (κ3) is 24.2. The Hall–Kier alpha value is -3.32. The number of oxazole rings is 1. The molecule has 1 heterocycles. The lowest BCUT2D eigenvalue weighted by molar-refractivity contribution is -0.108. The Labute approximate surface area is 265 Å². The minimum atomic E-state index is -0.833. The number of nitrogens with two attached hydrogens (primary N) is 3. The van der Waals surface area contributed by atoms with Crippen molar-refractivity contribution in [3.05, 3.63) is 108 Å². The molecule has 0 aliphatic heterocycles. The average molecular weight is 761 g/mol. The van der Waals surface area contributed by atoms with Crippen LogP contribution < -0.4 is 17.2 Å². The highest BCUT2D eigenvalue weighted by atomic mass is 80.9. The molecule has 0 spiro atoms. The third-order valence-electron chi connectivity index (χ3n) is 3.98. The molecule has 3 aromatic carbocycles. The Morgan fingerprint density at radius 2 is 1.34 bits per heavy atom. The number of carbonyl (C=O) groups excluding carboxylic acids is 3. The van der Waals surface area contributed by atoms with Crippen molar-refractivity contribution < 1.29 is 23.9 Å². The van der Waals surface area contributed by atoms with Crippen molar-refractivity contribution >= 4 is 68.8 Å². The van der Waals surface area contributed by atoms with Crippen LogP contribution in [0.4, 0.5) is 10.8 Å². The van der Waals surface area contributed by atoms with Gasteiger partial charge in [-0.15, -0.1) is 0 Å². The van der Waals surface area contributed by atoms with Gasteiger partial charge in [0, 0.05) is 46.8 Å². The number of halogens is 3. The number of hydrogen-bond acceptors (Lipinski definition) is 7. The SMILES string of the molecule is BrBr.C.CCO.NC(N)=O.Nc1ncc(-c2ccccc2)o1.O=CC(Br)c1ccccc1.O=CCc1ccccc1. The van der Waals surface area contributed by atoms with E-state index in [0.717, 1.165) is 29.3 Å². The maximum absolute atomic E-state index is 10.3. The molecule has 1 aromatic heterocycles. The van der Waals surface area contributed by atoms with Crippen LogP contribution in [-0.4, -0.2) is 35.3 Å². The van der Waals surface area contributed by atoms with Crippen LogP contribution in [0.1, 0.15) is 30.3 Å². The summed E-state index contributed by atoms with van der Waals surface area (Å²) in [5.41, 5.74) is 16.9. The summed E-state index contributed by atoms with van der Waals surface area (Å²) in [5.74, 6) is 0.702. The fourth-order valence-corrected chi connectivity index (χ4v) is 2.75. The van der Waals surface area contributed by atoms with Gasteiger partial charge < -0.3 is 36.3 Å². The fraction of sp³-hybridized carbons (Fsp3) is 0.172. The average Bonchev–Trinajstić information content (AvgIpc) is 3.42. The van der Waals surface area contributed by atoms with Gasteiger partial charge >= 0.3 is 6.03 Å². The highest BCUT2D eigenvalue weighted by molar-refractivity contribution is 9.93. The van der Waals surface area contributed by atoms with E-state index in [0.29, 0.717) is 12.2 Å². The molecule has 224 valence electrons. The number of nitrogens with zero attached hydrogens (tertiary/aromatic N) is 1. The van der Waals surface area contributed by atoms with Gasteiger partial charge in [-0.2, -0.15) is 0 Å². The number of urea groups is 1. The topological polar surface area (TPSA) is 176 Å². The number of amides is 2. The Morgan fingerprint density at radius 3 is 1.71 bits per heavy atom. The third-order valence-corrected chi connectivity index (χ3v) is 4.73. The molecule has 4 aromatic rings. The second kappa shape index (κ2) is 29.7. The van der Waals surface area contributed by atoms with Crippen molar-refractivity contribution in [3.63, 3.8) is 0 Å². The summed E-state index contributed by atoms with van der Waals surface area (Å²) in [5, 5.41) is 7.57. The number of alkyl halides is 1. The van der Waals surface area contributed by atoms with Gasteiger partial charge in [0.1, 0.15) is 12.6 Å². The molecule has 1 unspecified atom stereocenters. The summed E-state index contributed by atoms with van der Waals surface area (Å²) in [6.07, 6.45) is 3.93. The highest BCUT2D eigenvalue weighted by Crippen LogP contribution is 2.20. The van der Waals surface area contributed by atoms with Crippen LogP contribution >= 0.6 is 44.2 Å². The molecule has 0 aliphatic carbocycles. The Bertz CT molecular complexity index is 1150. The Balaban J connectivity index is -0.000000460. The van der Waals surface area contributed by atoms with E-state index in [9.17, 15) is 9.59 Å². The zero-order valence-electron chi connectivity index (χ0n) is 21.8. The molecule has 0 saturated heterocycles. The maximum Gasteiger partial charge on any atom is 0.309 e. The number of aromatic nitrogens is 1. The van der Waals surface area contributed by atoms with E-state index in [1.165, 1.54) is 0 Å². The number of anilines is 1. The lowest BCUT2D eigenvalue weighted by atomic mass is 10.2. The van der Waals surface area contributed by atoms with Crippen molar-refractivity contribution in [2.75, 3.05) is 12.3 Å². The van der Waals surface area contributed by atoms with Gasteiger partial charge in [0.05, 0.1) is 11.0 Å². The van der Waals surface area contributed by atoms with Gasteiger partial charge in [-0.05, 0) is 18.1 Å². The van der Waals surface area contributed by atoms with Gasteiger partial charge in [0.25, 0.3) is 6.01 Å². The minimum absolute atomic E-state index is 0. The zero-order valence-corrected chi connectivity index (χ0v) is 26.5. The van der Waals surface area contributed by atoms with Crippen LogP contribution in [0.15, 0.2) is 102 Å². The summed E-state index contributed by atoms with van der Waals surface area (Å²) in [4.78, 5) is 32.9. The maximum atomic E-state index is 10.3. The summed E-state index contributed by atoms with van der Waals surface area (Å²) in [7, 11) is 0. The van der Waals surface area contributed by atoms with Crippen LogP contribution in [0.5, 0.6) is 0 Å². The first-order valence-electron chi connectivity index (χ1n) is 11.5. The standard InChI is InChI=1S/C9H8N2O.C8H7BrO.C8H8O.C2H6O.CH4N2O.CH4.Br2/c10-9-11-6-8(12-9)7-4-2-1-3-5-7;9-8(6-10)7-4-2-1-3-5-7;9-7-6-8-4-2-1-3-5-8;1-2-3;2-1(3)4;;1-2/h1-6H,(H2,10,11);1-6,8H;1-5,7H,6H2;3H,2H2,1H3;(H4,2,3,4);1H4;. The molecule has 0 aliphatic rings. The second-order valence-corrected chi connectivity index (χ2v) is 7.94. The predicted octanol–water partition coefficient (Wildman–Crippen LogP) is 7.02. The number of hydrogen-bond donors (Lipinski definition) is 4. The zero-order chi connectivity index (χ0) is 30.6. The Kier molecular flexibility index (Phi) is 30.5. The van der Waals surface area contributed by atoms with Crippen molar-refractivity contribution in [2.24, 2.45) is 11.5 Å². The fourth-order valence-electron chi connectivity index (χ4n) is 2.45. The molecule has 1 atom stereocenters. The van der Waals surface area contributed by atoms with Crippen LogP contribution in [0.2, 0.25) is 0 Å². The first-order valence-corrected chi connectivity index (χ1v) is 16.1. The van der Waals surface area contributed by atoms with E-state index < -0.39 is 6.03 Å². The molecule has 0 saturated carbocycles. The second-order valence-electron chi connectivity index (χ2n) is 6.95. The van der Waals surface area contributed by atoms with Crippen molar-refractivity contribution in [1.29, 1.82) is 0 Å². The molecule has 7 N–H and O–H groups in total. The summed E-state index contributed by atoms with van der Waals surface area (Å²) >= 11 is 8.72. The van der Waals surface area contributed by atoms with Crippen LogP contribution in [-0.2, 0) is 16.0 Å². The summed E-state index contributed by atoms with van der Waals surface area (Å²) in [6, 6.07) is 28.3. The number of aldehydes is 2. The largest absolute Gasteiger partial charge is 0.424 e. The van der Waals surface area contributed by atoms with E-state index in [1.54, 1.807) is 13.1 Å². The van der Waals surface area contributed by atoms with Crippen molar-refractivity contribution in [2.45, 2.75) is 25.6 Å². The van der Waals surface area contributed by atoms with Gasteiger partial charge in [0.15, 0.2) is 5.76 Å². The van der Waals surface area contributed by atoms with Gasteiger partial charge in [-0.1, -0.05) is 114 Å². The number of carbonyl (C=O) groups is 3. The number of benzene rings is 3. The van der Waals surface area contributed by atoms with E-state index in [1.807, 2.05) is 91.0 Å². The first-order chi connectivity index (χ1) is 19.3. The monoisotopic (exact) mass is 758 g/mol. The number of rotatable bonds is 5. The summed E-state index contributed by atoms with van der Waals surface area (Å²) in [6.45, 7) is 1.93. The molecule has 4 rings (SSSR count). The van der Waals surface area contributed by atoms with Crippen LogP contribution in [0, 0.1) is 0 Å². The minimum Gasteiger partial charge on any atom is -0.424 e. The number of nitrogen functional groups attached to an aromatic ring is 1. The van der Waals surface area contributed by atoms with E-state index >= 15 is 0 Å². The van der Waals surface area contributed by atoms with Gasteiger partial charge in [-0.25, -0.2) is 9.78 Å². The molecule has 2 amide bonds. The summed E-state index contributed by atoms with van der Waals surface area (Å²) < 4.78 is 5.14. The highest BCUT2D eigenvalue weighted by Gasteiger charge is 2.02. The molecular formula is C29H37Br3N4O5. The first kappa shape index (κ1) is 42.2. The number of primary amides is 2. The van der Waals surface area contributed by atoms with E-state index in [4.69, 9.17) is 20.1 Å². The lowest BCUT2D eigenvalue weighted by Crippen LogP contribution is -2.18. The van der Waals surface area contributed by atoms with Gasteiger partial charge in [-0.3, -0.25) is 0 Å². The van der Waals surface area contributed by atoms with Crippen molar-refractivity contribution in [1.82, 2.24) is 4.98 Å². The molecule has 0 radical (unpaired) electrons. The molecule has 41 heavy (non-hydrogen) atoms. The molecular weight excluding hydrogens is 724 g/mol. The smallest absolute Gasteiger partial charge is 0.309 e. The quantitative estimate of drug-likeness (QED) is 0.125. The Morgan fingerprint density at radius 1 is 0.927 bits per heavy atom. The van der Waals surface area contributed by atoms with Gasteiger partial charge in [0.2, 0.25) is 0 Å². The normalized spacial score (nSPS) is 9.10. The molecule has 9 nitrogen and oxygen atoms in total. The van der Waals surface area contributed by atoms with E-state index in [2.05, 4.69) is 60.6 Å². The van der Waals surface area contributed by atoms with E-state index in [-0.39, 0.29) is 24.9 Å².